The van der Waals surface area contributed by atoms with Crippen molar-refractivity contribution in [1.82, 2.24) is 4.98 Å². The van der Waals surface area contributed by atoms with Gasteiger partial charge in [-0.2, -0.15) is 0 Å². The van der Waals surface area contributed by atoms with Gasteiger partial charge in [-0.25, -0.2) is 4.98 Å². The van der Waals surface area contributed by atoms with Gasteiger partial charge < -0.3 is 9.73 Å². The molecule has 33 heavy (non-hydrogen) atoms. The Bertz CT molecular complexity index is 1490. The summed E-state index contributed by atoms with van der Waals surface area (Å²) in [6.07, 6.45) is 0. The number of hydrogen-bond acceptors (Lipinski definition) is 5. The van der Waals surface area contributed by atoms with Crippen molar-refractivity contribution in [2.75, 3.05) is 5.32 Å². The highest BCUT2D eigenvalue weighted by atomic mass is 32.1. The summed E-state index contributed by atoms with van der Waals surface area (Å²) >= 11 is 1.58. The van der Waals surface area contributed by atoms with Crippen LogP contribution in [0.25, 0.3) is 33.6 Å². The normalized spacial score (nSPS) is 12.1. The summed E-state index contributed by atoms with van der Waals surface area (Å²) in [5, 5.41) is 6.29. The summed E-state index contributed by atoms with van der Waals surface area (Å²) in [4.78, 5) is 17.8. The molecule has 5 rings (SSSR count). The average Bonchev–Trinajstić information content (AvgIpc) is 3.37. The largest absolute Gasteiger partial charge is 0.455 e. The molecule has 5 heteroatoms. The van der Waals surface area contributed by atoms with E-state index in [1.165, 1.54) is 0 Å². The molecule has 1 atom stereocenters. The third-order valence-corrected chi connectivity index (χ3v) is 6.49. The van der Waals surface area contributed by atoms with Gasteiger partial charge in [0, 0.05) is 33.3 Å². The molecule has 0 spiro atoms. The average molecular weight is 453 g/mol. The van der Waals surface area contributed by atoms with Crippen LogP contribution >= 0.6 is 11.3 Å². The second-order valence-corrected chi connectivity index (χ2v) is 8.99. The van der Waals surface area contributed by atoms with Crippen LogP contribution in [0.15, 0.2) is 86.8 Å². The number of aromatic nitrogens is 1. The molecule has 2 aromatic heterocycles. The van der Waals surface area contributed by atoms with E-state index in [0.717, 1.165) is 33.6 Å². The van der Waals surface area contributed by atoms with Crippen LogP contribution in [0.3, 0.4) is 0 Å². The van der Waals surface area contributed by atoms with Crippen LogP contribution < -0.4 is 10.7 Å². The molecule has 0 amide bonds. The summed E-state index contributed by atoms with van der Waals surface area (Å²) in [5.41, 5.74) is 8.95. The predicted molar refractivity (Wildman–Crippen MR) is 137 cm³/mol. The highest BCUT2D eigenvalue weighted by Crippen LogP contribution is 2.34. The molecule has 3 aromatic carbocycles. The van der Waals surface area contributed by atoms with Crippen molar-refractivity contribution in [2.45, 2.75) is 26.8 Å². The van der Waals surface area contributed by atoms with Crippen molar-refractivity contribution < 1.29 is 4.42 Å². The number of thiazole rings is 1. The number of anilines is 1. The van der Waals surface area contributed by atoms with Gasteiger partial charge in [0.25, 0.3) is 0 Å². The van der Waals surface area contributed by atoms with E-state index in [2.05, 4.69) is 35.4 Å². The van der Waals surface area contributed by atoms with E-state index in [4.69, 9.17) is 4.42 Å². The quantitative estimate of drug-likeness (QED) is 0.302. The van der Waals surface area contributed by atoms with Gasteiger partial charge >= 0.3 is 0 Å². The molecule has 2 heterocycles. The molecule has 0 unspecified atom stereocenters. The molecular weight excluding hydrogens is 428 g/mol. The van der Waals surface area contributed by atoms with Crippen LogP contribution in [-0.2, 0) is 0 Å². The van der Waals surface area contributed by atoms with Gasteiger partial charge in [-0.05, 0) is 38.5 Å². The predicted octanol–water partition coefficient (Wildman–Crippen LogP) is 7.37. The first-order chi connectivity index (χ1) is 16.0. The lowest BCUT2D eigenvalue weighted by molar-refractivity contribution is 0.605. The third kappa shape index (κ3) is 3.96. The Hall–Kier alpha value is -3.70. The molecule has 164 valence electrons. The minimum absolute atomic E-state index is 0.00938. The van der Waals surface area contributed by atoms with E-state index in [9.17, 15) is 4.79 Å². The fraction of sp³-hybridized carbons (Fsp3) is 0.143. The van der Waals surface area contributed by atoms with Gasteiger partial charge in [0.05, 0.1) is 22.6 Å². The van der Waals surface area contributed by atoms with Gasteiger partial charge in [-0.15, -0.1) is 11.3 Å². The fourth-order valence-corrected chi connectivity index (χ4v) is 4.79. The zero-order valence-electron chi connectivity index (χ0n) is 18.8. The van der Waals surface area contributed by atoms with Crippen molar-refractivity contribution in [3.63, 3.8) is 0 Å². The van der Waals surface area contributed by atoms with Crippen molar-refractivity contribution in [3.05, 3.63) is 105 Å². The van der Waals surface area contributed by atoms with Crippen molar-refractivity contribution >= 4 is 28.0 Å². The molecule has 0 bridgehead atoms. The summed E-state index contributed by atoms with van der Waals surface area (Å²) in [7, 11) is 0. The minimum atomic E-state index is -0.0957. The van der Waals surface area contributed by atoms with E-state index >= 15 is 0 Å². The number of benzene rings is 3. The molecule has 0 aliphatic rings. The van der Waals surface area contributed by atoms with Crippen LogP contribution in [-0.4, -0.2) is 4.98 Å². The number of fused-ring (bicyclic) bond motifs is 1. The van der Waals surface area contributed by atoms with Gasteiger partial charge in [0.2, 0.25) is 0 Å². The molecule has 0 fully saturated rings. The second kappa shape index (κ2) is 8.68. The lowest BCUT2D eigenvalue weighted by Crippen LogP contribution is -2.12. The Morgan fingerprint density at radius 3 is 2.52 bits per heavy atom. The van der Waals surface area contributed by atoms with E-state index in [1.807, 2.05) is 73.3 Å². The van der Waals surface area contributed by atoms with Crippen molar-refractivity contribution in [3.8, 4) is 22.6 Å². The molecular formula is C28H24N2O2S. The number of nitrogens with one attached hydrogen (secondary N) is 1. The molecule has 5 aromatic rings. The lowest BCUT2D eigenvalue weighted by Gasteiger charge is -2.20. The maximum atomic E-state index is 13.3. The molecule has 0 aliphatic carbocycles. The Morgan fingerprint density at radius 2 is 1.76 bits per heavy atom. The van der Waals surface area contributed by atoms with Gasteiger partial charge in [-0.1, -0.05) is 54.6 Å². The van der Waals surface area contributed by atoms with E-state index in [1.54, 1.807) is 11.3 Å². The molecule has 4 nitrogen and oxygen atoms in total. The summed E-state index contributed by atoms with van der Waals surface area (Å²) in [6.45, 7) is 5.94. The highest BCUT2D eigenvalue weighted by Gasteiger charge is 2.19. The van der Waals surface area contributed by atoms with Crippen molar-refractivity contribution in [1.29, 1.82) is 0 Å². The van der Waals surface area contributed by atoms with Crippen LogP contribution in [0.2, 0.25) is 0 Å². The molecule has 0 saturated heterocycles. The van der Waals surface area contributed by atoms with Gasteiger partial charge in [0.1, 0.15) is 11.3 Å². The van der Waals surface area contributed by atoms with E-state index in [-0.39, 0.29) is 11.5 Å². The molecule has 0 aliphatic heterocycles. The minimum Gasteiger partial charge on any atom is -0.455 e. The van der Waals surface area contributed by atoms with Crippen LogP contribution in [0.1, 0.15) is 29.7 Å². The SMILES string of the molecule is Cc1cc([C@@H](C)Nc2ccccc2-c2cscn2)c2oc(-c3ccccc3)c(C)c(=O)c2c1. The monoisotopic (exact) mass is 452 g/mol. The zero-order chi connectivity index (χ0) is 22.9. The second-order valence-electron chi connectivity index (χ2n) is 8.27. The van der Waals surface area contributed by atoms with Gasteiger partial charge in [0.15, 0.2) is 5.43 Å². The van der Waals surface area contributed by atoms with Crippen molar-refractivity contribution in [2.24, 2.45) is 0 Å². The maximum absolute atomic E-state index is 13.3. The first kappa shape index (κ1) is 21.2. The number of rotatable bonds is 5. The maximum Gasteiger partial charge on any atom is 0.196 e. The topological polar surface area (TPSA) is 55.1 Å². The first-order valence-corrected chi connectivity index (χ1v) is 11.8. The number of para-hydroxylation sites is 1. The van der Waals surface area contributed by atoms with Gasteiger partial charge in [-0.3, -0.25) is 4.79 Å². The highest BCUT2D eigenvalue weighted by molar-refractivity contribution is 7.07. The summed E-state index contributed by atoms with van der Waals surface area (Å²) in [5.74, 6) is 0.619. The van der Waals surface area contributed by atoms with E-state index in [0.29, 0.717) is 22.3 Å². The van der Waals surface area contributed by atoms with E-state index < -0.39 is 0 Å². The smallest absolute Gasteiger partial charge is 0.196 e. The lowest BCUT2D eigenvalue weighted by atomic mass is 9.98. The standard InChI is InChI=1S/C28H24N2O2S/c1-17-13-22(19(3)30-24-12-8-7-11-21(24)25-15-33-16-29-25)28-23(14-17)26(31)18(2)27(32-28)20-9-5-4-6-10-20/h4-16,19,30H,1-3H3/t19-/m1/s1. The van der Waals surface area contributed by atoms with Crippen LogP contribution in [0, 0.1) is 13.8 Å². The molecule has 1 N–H and O–H groups in total. The Morgan fingerprint density at radius 1 is 1.00 bits per heavy atom. The molecule has 0 saturated carbocycles. The Balaban J connectivity index is 1.64. The number of aryl methyl sites for hydroxylation is 1. The first-order valence-electron chi connectivity index (χ1n) is 10.9. The summed E-state index contributed by atoms with van der Waals surface area (Å²) in [6, 6.07) is 21.9. The number of hydrogen-bond donors (Lipinski definition) is 1. The molecule has 0 radical (unpaired) electrons. The third-order valence-electron chi connectivity index (χ3n) is 5.90. The Kier molecular flexibility index (Phi) is 5.56. The number of nitrogens with zero attached hydrogens (tertiary/aromatic N) is 1. The Labute approximate surface area is 196 Å². The van der Waals surface area contributed by atoms with Crippen LogP contribution in [0.5, 0.6) is 0 Å². The van der Waals surface area contributed by atoms with Crippen LogP contribution in [0.4, 0.5) is 5.69 Å². The fourth-order valence-electron chi connectivity index (χ4n) is 4.24. The summed E-state index contributed by atoms with van der Waals surface area (Å²) < 4.78 is 6.46. The zero-order valence-corrected chi connectivity index (χ0v) is 19.6.